The number of nitrogens with zero attached hydrogens (tertiary/aromatic N) is 2. The number of carbonyl (C=O) groups excluding carboxylic acids is 1. The molecule has 10 nitrogen and oxygen atoms in total. The van der Waals surface area contributed by atoms with Gasteiger partial charge < -0.3 is 19.6 Å². The number of amides is 1. The number of para-hydroxylation sites is 2. The van der Waals surface area contributed by atoms with Gasteiger partial charge in [-0.15, -0.1) is 0 Å². The molecule has 0 aliphatic carbocycles. The maximum atomic E-state index is 13.2. The summed E-state index contributed by atoms with van der Waals surface area (Å²) in [5.74, 6) is 0.923. The smallest absolute Gasteiger partial charge is 0.330 e. The second-order valence-electron chi connectivity index (χ2n) is 7.25. The van der Waals surface area contributed by atoms with Crippen molar-refractivity contribution in [2.45, 2.75) is 39.8 Å². The quantitative estimate of drug-likeness (QED) is 0.479. The number of unbranched alkanes of at least 4 members (excludes halogenated alkanes) is 1. The Morgan fingerprint density at radius 3 is 2.55 bits per heavy atom. The van der Waals surface area contributed by atoms with E-state index in [0.29, 0.717) is 30.2 Å². The molecule has 0 fully saturated rings. The molecule has 0 aliphatic rings. The van der Waals surface area contributed by atoms with Crippen LogP contribution in [0.2, 0.25) is 0 Å². The molecule has 1 aromatic carbocycles. The van der Waals surface area contributed by atoms with Crippen LogP contribution in [0.1, 0.15) is 43.0 Å². The van der Waals surface area contributed by atoms with Crippen LogP contribution >= 0.6 is 0 Å². The minimum Gasteiger partial charge on any atom is -0.493 e. The van der Waals surface area contributed by atoms with Crippen LogP contribution in [0.5, 0.6) is 11.5 Å². The first-order valence-electron chi connectivity index (χ1n) is 10.7. The fraction of sp³-hybridized carbons (Fsp3) is 0.348. The largest absolute Gasteiger partial charge is 0.493 e. The lowest BCUT2D eigenvalue weighted by Crippen LogP contribution is -2.41. The van der Waals surface area contributed by atoms with Gasteiger partial charge in [-0.3, -0.25) is 24.0 Å². The van der Waals surface area contributed by atoms with Crippen molar-refractivity contribution in [2.24, 2.45) is 0 Å². The van der Waals surface area contributed by atoms with Crippen molar-refractivity contribution in [1.82, 2.24) is 9.55 Å². The van der Waals surface area contributed by atoms with Gasteiger partial charge in [-0.1, -0.05) is 25.5 Å². The Hall–Kier alpha value is -3.95. The van der Waals surface area contributed by atoms with Crippen LogP contribution in [0.15, 0.2) is 50.4 Å². The van der Waals surface area contributed by atoms with Gasteiger partial charge in [-0.05, 0) is 37.6 Å². The summed E-state index contributed by atoms with van der Waals surface area (Å²) in [6.45, 7) is 4.23. The number of ether oxygens (including phenoxy) is 2. The molecule has 0 saturated heterocycles. The number of furan rings is 1. The first-order valence-corrected chi connectivity index (χ1v) is 10.7. The minimum atomic E-state index is -0.730. The third kappa shape index (κ3) is 5.11. The number of aromatic nitrogens is 2. The molecule has 176 valence electrons. The molecule has 0 spiro atoms. The van der Waals surface area contributed by atoms with Crippen LogP contribution in [-0.4, -0.2) is 29.1 Å². The average Bonchev–Trinajstić information content (AvgIpc) is 3.29. The van der Waals surface area contributed by atoms with Crippen molar-refractivity contribution in [1.29, 1.82) is 0 Å². The summed E-state index contributed by atoms with van der Waals surface area (Å²) in [4.78, 5) is 41.3. The molecule has 33 heavy (non-hydrogen) atoms. The van der Waals surface area contributed by atoms with Crippen molar-refractivity contribution >= 4 is 17.4 Å². The van der Waals surface area contributed by atoms with Gasteiger partial charge in [0.2, 0.25) is 0 Å². The van der Waals surface area contributed by atoms with E-state index in [1.807, 2.05) is 19.1 Å². The van der Waals surface area contributed by atoms with Gasteiger partial charge in [0.1, 0.15) is 18.2 Å². The summed E-state index contributed by atoms with van der Waals surface area (Å²) < 4.78 is 17.9. The number of anilines is 2. The van der Waals surface area contributed by atoms with E-state index in [1.54, 1.807) is 32.2 Å². The summed E-state index contributed by atoms with van der Waals surface area (Å²) in [6.07, 6.45) is 1.53. The van der Waals surface area contributed by atoms with Gasteiger partial charge in [0.25, 0.3) is 11.5 Å². The lowest BCUT2D eigenvalue weighted by atomic mass is 10.3. The SMILES string of the molecule is CCCCn1c(N)c(N(CC)C(=O)c2ccc(COc3ccccc3OC)o2)c(=O)[nH]c1=O. The first-order chi connectivity index (χ1) is 15.9. The predicted molar refractivity (Wildman–Crippen MR) is 124 cm³/mol. The van der Waals surface area contributed by atoms with Gasteiger partial charge in [-0.2, -0.15) is 0 Å². The molecule has 3 rings (SSSR count). The summed E-state index contributed by atoms with van der Waals surface area (Å²) in [5, 5.41) is 0. The lowest BCUT2D eigenvalue weighted by molar-refractivity contribution is 0.0957. The van der Waals surface area contributed by atoms with E-state index in [2.05, 4.69) is 4.98 Å². The number of nitrogen functional groups attached to an aromatic ring is 1. The van der Waals surface area contributed by atoms with Crippen LogP contribution in [0.4, 0.5) is 11.5 Å². The molecule has 2 heterocycles. The van der Waals surface area contributed by atoms with Gasteiger partial charge in [0.15, 0.2) is 22.9 Å². The van der Waals surface area contributed by atoms with Gasteiger partial charge in [0, 0.05) is 13.1 Å². The molecule has 0 unspecified atom stereocenters. The number of carbonyl (C=O) groups is 1. The second kappa shape index (κ2) is 10.6. The highest BCUT2D eigenvalue weighted by Crippen LogP contribution is 2.27. The summed E-state index contributed by atoms with van der Waals surface area (Å²) >= 11 is 0. The fourth-order valence-corrected chi connectivity index (χ4v) is 3.37. The highest BCUT2D eigenvalue weighted by Gasteiger charge is 2.26. The van der Waals surface area contributed by atoms with Crippen molar-refractivity contribution in [2.75, 3.05) is 24.3 Å². The molecule has 1 amide bonds. The van der Waals surface area contributed by atoms with Gasteiger partial charge >= 0.3 is 5.69 Å². The number of nitrogens with one attached hydrogen (secondary N) is 1. The summed E-state index contributed by atoms with van der Waals surface area (Å²) in [7, 11) is 1.55. The number of hydrogen-bond acceptors (Lipinski definition) is 7. The zero-order chi connectivity index (χ0) is 24.0. The van der Waals surface area contributed by atoms with E-state index < -0.39 is 17.2 Å². The van der Waals surface area contributed by atoms with E-state index in [4.69, 9.17) is 19.6 Å². The normalized spacial score (nSPS) is 10.8. The van der Waals surface area contributed by atoms with E-state index in [0.717, 1.165) is 6.42 Å². The van der Waals surface area contributed by atoms with Crippen LogP contribution in [-0.2, 0) is 13.2 Å². The molecule has 0 radical (unpaired) electrons. The monoisotopic (exact) mass is 456 g/mol. The molecule has 0 aliphatic heterocycles. The van der Waals surface area contributed by atoms with Gasteiger partial charge in [-0.25, -0.2) is 4.79 Å². The Kier molecular flexibility index (Phi) is 7.60. The van der Waals surface area contributed by atoms with E-state index >= 15 is 0 Å². The van der Waals surface area contributed by atoms with Crippen LogP contribution < -0.4 is 31.4 Å². The minimum absolute atomic E-state index is 0.0144. The Morgan fingerprint density at radius 1 is 1.15 bits per heavy atom. The Morgan fingerprint density at radius 2 is 1.88 bits per heavy atom. The molecule has 0 atom stereocenters. The van der Waals surface area contributed by atoms with E-state index in [9.17, 15) is 14.4 Å². The first kappa shape index (κ1) is 23.7. The number of hydrogen-bond donors (Lipinski definition) is 2. The van der Waals surface area contributed by atoms with E-state index in [1.165, 1.54) is 15.5 Å². The molecule has 3 aromatic rings. The summed E-state index contributed by atoms with van der Waals surface area (Å²) in [5.41, 5.74) is 4.73. The number of benzene rings is 1. The molecule has 3 N–H and O–H groups in total. The maximum Gasteiger partial charge on any atom is 0.330 e. The third-order valence-electron chi connectivity index (χ3n) is 5.09. The van der Waals surface area contributed by atoms with Crippen molar-refractivity contribution in [3.63, 3.8) is 0 Å². The number of methoxy groups -OCH3 is 1. The van der Waals surface area contributed by atoms with Crippen LogP contribution in [0.25, 0.3) is 0 Å². The Balaban J connectivity index is 1.84. The summed E-state index contributed by atoms with van der Waals surface area (Å²) in [6, 6.07) is 10.3. The standard InChI is InChI=1S/C23H28N4O6/c1-4-6-13-27-20(24)19(21(28)25-23(27)30)26(5-2)22(29)18-12-11-15(33-18)14-32-17-10-8-7-9-16(17)31-3/h7-12H,4-6,13-14,24H2,1-3H3,(H,25,28,30). The highest BCUT2D eigenvalue weighted by molar-refractivity contribution is 6.05. The van der Waals surface area contributed by atoms with Crippen LogP contribution in [0, 0.1) is 0 Å². The highest BCUT2D eigenvalue weighted by atomic mass is 16.5. The average molecular weight is 456 g/mol. The zero-order valence-electron chi connectivity index (χ0n) is 18.9. The number of nitrogens with two attached hydrogens (primary N) is 1. The van der Waals surface area contributed by atoms with Crippen molar-refractivity contribution in [3.8, 4) is 11.5 Å². The third-order valence-corrected chi connectivity index (χ3v) is 5.09. The molecular formula is C23H28N4O6. The molecule has 2 aromatic heterocycles. The van der Waals surface area contributed by atoms with Crippen molar-refractivity contribution in [3.05, 3.63) is 68.8 Å². The number of aromatic amines is 1. The Labute approximate surface area is 190 Å². The topological polar surface area (TPSA) is 133 Å². The van der Waals surface area contributed by atoms with Crippen LogP contribution in [0.3, 0.4) is 0 Å². The second-order valence-corrected chi connectivity index (χ2v) is 7.25. The predicted octanol–water partition coefficient (Wildman–Crippen LogP) is 2.77. The number of H-pyrrole nitrogens is 1. The lowest BCUT2D eigenvalue weighted by Gasteiger charge is -2.22. The number of rotatable bonds is 10. The maximum absolute atomic E-state index is 13.2. The molecular weight excluding hydrogens is 428 g/mol. The van der Waals surface area contributed by atoms with E-state index in [-0.39, 0.29) is 30.4 Å². The molecule has 0 bridgehead atoms. The van der Waals surface area contributed by atoms with Crippen molar-refractivity contribution < 1.29 is 18.7 Å². The van der Waals surface area contributed by atoms with Gasteiger partial charge in [0.05, 0.1) is 7.11 Å². The zero-order valence-corrected chi connectivity index (χ0v) is 18.9. The molecule has 0 saturated carbocycles. The molecule has 10 heteroatoms. The fourth-order valence-electron chi connectivity index (χ4n) is 3.37. The Bertz CT molecular complexity index is 1230.